The number of para-hydroxylation sites is 1. The van der Waals surface area contributed by atoms with Crippen LogP contribution >= 0.6 is 11.3 Å². The number of aromatic nitrogens is 3. The Morgan fingerprint density at radius 2 is 2.14 bits per heavy atom. The van der Waals surface area contributed by atoms with Crippen molar-refractivity contribution in [2.45, 2.75) is 6.42 Å². The van der Waals surface area contributed by atoms with Crippen molar-refractivity contribution in [1.82, 2.24) is 15.0 Å². The van der Waals surface area contributed by atoms with Gasteiger partial charge in [0.25, 0.3) is 0 Å². The Kier molecular flexibility index (Phi) is 3.44. The van der Waals surface area contributed by atoms with Crippen molar-refractivity contribution in [2.24, 2.45) is 0 Å². The molecule has 8 heteroatoms. The molecule has 3 aromatic rings. The molecule has 0 saturated heterocycles. The lowest BCUT2D eigenvalue weighted by atomic mass is 10.2. The molecule has 0 aliphatic heterocycles. The first-order valence-electron chi connectivity index (χ1n) is 6.20. The van der Waals surface area contributed by atoms with Crippen LogP contribution in [0.3, 0.4) is 0 Å². The molecule has 2 heterocycles. The average molecular weight is 301 g/mol. The predicted molar refractivity (Wildman–Crippen MR) is 80.7 cm³/mol. The fourth-order valence-corrected chi connectivity index (χ4v) is 2.92. The van der Waals surface area contributed by atoms with Gasteiger partial charge in [-0.05, 0) is 12.1 Å². The second kappa shape index (κ2) is 5.41. The molecule has 0 fully saturated rings. The summed E-state index contributed by atoms with van der Waals surface area (Å²) in [5, 5.41) is 14.6. The van der Waals surface area contributed by atoms with E-state index in [4.69, 9.17) is 0 Å². The normalized spacial score (nSPS) is 10.7. The molecular weight excluding hydrogens is 290 g/mol. The molecule has 0 aliphatic carbocycles. The highest BCUT2D eigenvalue weighted by molar-refractivity contribution is 7.18. The first-order chi connectivity index (χ1) is 10.2. The fraction of sp³-hybridized carbons (Fsp3) is 0.154. The van der Waals surface area contributed by atoms with Crippen molar-refractivity contribution in [3.8, 4) is 0 Å². The molecule has 0 unspecified atom stereocenters. The van der Waals surface area contributed by atoms with E-state index in [1.54, 1.807) is 7.05 Å². The van der Waals surface area contributed by atoms with Crippen LogP contribution in [0.1, 0.15) is 10.7 Å². The molecule has 0 amide bonds. The summed E-state index contributed by atoms with van der Waals surface area (Å²) < 4.78 is 1.05. The van der Waals surface area contributed by atoms with Crippen molar-refractivity contribution in [3.05, 3.63) is 51.3 Å². The minimum absolute atomic E-state index is 0.0896. The second-order valence-corrected chi connectivity index (χ2v) is 5.40. The summed E-state index contributed by atoms with van der Waals surface area (Å²) in [5.74, 6) is 0.358. The average Bonchev–Trinajstić information content (AvgIpc) is 2.89. The number of nitrogens with zero attached hydrogens (tertiary/aromatic N) is 4. The Morgan fingerprint density at radius 3 is 2.86 bits per heavy atom. The Morgan fingerprint density at radius 1 is 1.33 bits per heavy atom. The van der Waals surface area contributed by atoms with E-state index in [1.165, 1.54) is 17.5 Å². The lowest BCUT2D eigenvalue weighted by molar-refractivity contribution is -0.386. The Hall–Kier alpha value is -2.61. The van der Waals surface area contributed by atoms with Crippen LogP contribution in [0, 0.1) is 10.1 Å². The predicted octanol–water partition coefficient (Wildman–Crippen LogP) is 2.63. The molecule has 0 radical (unpaired) electrons. The topological polar surface area (TPSA) is 93.8 Å². The van der Waals surface area contributed by atoms with Gasteiger partial charge in [-0.1, -0.05) is 12.1 Å². The van der Waals surface area contributed by atoms with E-state index >= 15 is 0 Å². The monoisotopic (exact) mass is 301 g/mol. The summed E-state index contributed by atoms with van der Waals surface area (Å²) in [7, 11) is 1.67. The summed E-state index contributed by atoms with van der Waals surface area (Å²) in [6.45, 7) is 0. The van der Waals surface area contributed by atoms with Crippen LogP contribution in [0.25, 0.3) is 10.2 Å². The van der Waals surface area contributed by atoms with E-state index in [0.717, 1.165) is 15.2 Å². The first kappa shape index (κ1) is 13.4. The van der Waals surface area contributed by atoms with Gasteiger partial charge in [-0.25, -0.2) is 15.0 Å². The molecule has 0 saturated carbocycles. The summed E-state index contributed by atoms with van der Waals surface area (Å²) in [6.07, 6.45) is 1.54. The maximum absolute atomic E-state index is 11.1. The van der Waals surface area contributed by atoms with Gasteiger partial charge in [0.1, 0.15) is 16.9 Å². The van der Waals surface area contributed by atoms with Crippen molar-refractivity contribution >= 4 is 33.2 Å². The minimum Gasteiger partial charge on any atom is -0.357 e. The van der Waals surface area contributed by atoms with Crippen molar-refractivity contribution in [3.63, 3.8) is 0 Å². The smallest absolute Gasteiger partial charge is 0.309 e. The Balaban J connectivity index is 2.01. The lowest BCUT2D eigenvalue weighted by Crippen LogP contribution is -2.04. The standard InChI is InChI=1S/C13H11N5O2S/c1-14-13-15-7-10(18(19)20)9(17-13)6-12-16-8-4-2-3-5-11(8)21-12/h2-5,7H,6H2,1H3,(H,14,15,17). The molecule has 0 atom stereocenters. The van der Waals surface area contributed by atoms with E-state index < -0.39 is 4.92 Å². The molecule has 0 bridgehead atoms. The van der Waals surface area contributed by atoms with E-state index in [9.17, 15) is 10.1 Å². The number of hydrogen-bond donors (Lipinski definition) is 1. The summed E-state index contributed by atoms with van der Waals surface area (Å²) in [6, 6.07) is 7.75. The molecule has 1 aromatic carbocycles. The minimum atomic E-state index is -0.470. The van der Waals surface area contributed by atoms with Gasteiger partial charge in [0.15, 0.2) is 0 Å². The van der Waals surface area contributed by atoms with E-state index in [2.05, 4.69) is 20.3 Å². The van der Waals surface area contributed by atoms with Gasteiger partial charge < -0.3 is 5.32 Å². The summed E-state index contributed by atoms with van der Waals surface area (Å²) >= 11 is 1.51. The van der Waals surface area contributed by atoms with E-state index in [1.807, 2.05) is 24.3 Å². The zero-order chi connectivity index (χ0) is 14.8. The van der Waals surface area contributed by atoms with Crippen molar-refractivity contribution in [2.75, 3.05) is 12.4 Å². The molecule has 0 aliphatic rings. The number of rotatable bonds is 4. The van der Waals surface area contributed by atoms with Crippen molar-refractivity contribution < 1.29 is 4.92 Å². The van der Waals surface area contributed by atoms with Gasteiger partial charge in [-0.3, -0.25) is 10.1 Å². The molecule has 0 spiro atoms. The quantitative estimate of drug-likeness (QED) is 0.588. The Bertz CT molecular complexity index is 784. The molecule has 3 rings (SSSR count). The van der Waals surface area contributed by atoms with Gasteiger partial charge in [0, 0.05) is 13.5 Å². The number of nitro groups is 1. The molecule has 2 aromatic heterocycles. The second-order valence-electron chi connectivity index (χ2n) is 4.28. The van der Waals surface area contributed by atoms with Gasteiger partial charge >= 0.3 is 5.69 Å². The van der Waals surface area contributed by atoms with Gasteiger partial charge in [-0.2, -0.15) is 0 Å². The summed E-state index contributed by atoms with van der Waals surface area (Å²) in [4.78, 5) is 23.1. The number of anilines is 1. The zero-order valence-electron chi connectivity index (χ0n) is 11.1. The van der Waals surface area contributed by atoms with E-state index in [0.29, 0.717) is 18.1 Å². The molecule has 7 nitrogen and oxygen atoms in total. The van der Waals surface area contributed by atoms with Crippen LogP contribution in [0.2, 0.25) is 0 Å². The van der Waals surface area contributed by atoms with Crippen LogP contribution in [-0.2, 0) is 6.42 Å². The third-order valence-corrected chi connectivity index (χ3v) is 3.96. The number of benzene rings is 1. The highest BCUT2D eigenvalue weighted by atomic mass is 32.1. The van der Waals surface area contributed by atoms with Crippen LogP contribution in [0.5, 0.6) is 0 Å². The summed E-state index contributed by atoms with van der Waals surface area (Å²) in [5.41, 5.74) is 1.16. The highest BCUT2D eigenvalue weighted by Crippen LogP contribution is 2.26. The van der Waals surface area contributed by atoms with E-state index in [-0.39, 0.29) is 5.69 Å². The fourth-order valence-electron chi connectivity index (χ4n) is 1.95. The third-order valence-electron chi connectivity index (χ3n) is 2.92. The molecular formula is C13H11N5O2S. The Labute approximate surface area is 123 Å². The lowest BCUT2D eigenvalue weighted by Gasteiger charge is -2.02. The number of fused-ring (bicyclic) bond motifs is 1. The SMILES string of the molecule is CNc1ncc([N+](=O)[O-])c(Cc2nc3ccccc3s2)n1. The third kappa shape index (κ3) is 2.65. The first-order valence-corrected chi connectivity index (χ1v) is 7.01. The van der Waals surface area contributed by atoms with Crippen molar-refractivity contribution in [1.29, 1.82) is 0 Å². The van der Waals surface area contributed by atoms with Crippen LogP contribution in [-0.4, -0.2) is 26.9 Å². The highest BCUT2D eigenvalue weighted by Gasteiger charge is 2.18. The molecule has 106 valence electrons. The maximum atomic E-state index is 11.1. The maximum Gasteiger partial charge on any atom is 0.309 e. The van der Waals surface area contributed by atoms with Gasteiger partial charge in [0.2, 0.25) is 5.95 Å². The van der Waals surface area contributed by atoms with Gasteiger partial charge in [0.05, 0.1) is 15.1 Å². The molecule has 21 heavy (non-hydrogen) atoms. The van der Waals surface area contributed by atoms with Crippen LogP contribution in [0.15, 0.2) is 30.5 Å². The van der Waals surface area contributed by atoms with Gasteiger partial charge in [-0.15, -0.1) is 11.3 Å². The van der Waals surface area contributed by atoms with Crippen LogP contribution in [0.4, 0.5) is 11.6 Å². The molecule has 1 N–H and O–H groups in total. The van der Waals surface area contributed by atoms with Crippen LogP contribution < -0.4 is 5.32 Å². The number of hydrogen-bond acceptors (Lipinski definition) is 7. The number of thiazole rings is 1. The largest absolute Gasteiger partial charge is 0.357 e. The zero-order valence-corrected chi connectivity index (χ0v) is 11.9. The number of nitrogens with one attached hydrogen (secondary N) is 1.